The van der Waals surface area contributed by atoms with Crippen LogP contribution in [0.2, 0.25) is 5.02 Å². The first-order valence-corrected chi connectivity index (χ1v) is 8.28. The highest BCUT2D eigenvalue weighted by Crippen LogP contribution is 2.17. The average molecular weight is 373 g/mol. The van der Waals surface area contributed by atoms with Crippen molar-refractivity contribution in [2.75, 3.05) is 11.9 Å². The Labute approximate surface area is 154 Å². The second-order valence-corrected chi connectivity index (χ2v) is 5.90. The summed E-state index contributed by atoms with van der Waals surface area (Å²) in [5.41, 5.74) is 0.558. The van der Waals surface area contributed by atoms with Gasteiger partial charge in [0.05, 0.1) is 17.1 Å². The minimum absolute atomic E-state index is 0.211. The fourth-order valence-corrected chi connectivity index (χ4v) is 2.55. The van der Waals surface area contributed by atoms with Crippen LogP contribution in [0.1, 0.15) is 20.8 Å². The predicted octanol–water partition coefficient (Wildman–Crippen LogP) is 1.95. The molecule has 0 saturated carbocycles. The van der Waals surface area contributed by atoms with Gasteiger partial charge >= 0.3 is 0 Å². The minimum Gasteiger partial charge on any atom is -0.349 e. The summed E-state index contributed by atoms with van der Waals surface area (Å²) in [5, 5.41) is 14.0. The van der Waals surface area contributed by atoms with E-state index in [-0.39, 0.29) is 17.5 Å². The summed E-state index contributed by atoms with van der Waals surface area (Å²) in [6.07, 6.45) is 3.49. The van der Waals surface area contributed by atoms with Gasteiger partial charge in [-0.2, -0.15) is 10.2 Å². The van der Waals surface area contributed by atoms with Crippen molar-refractivity contribution in [3.63, 3.8) is 0 Å². The lowest BCUT2D eigenvalue weighted by Gasteiger charge is -2.06. The predicted molar refractivity (Wildman–Crippen MR) is 97.2 cm³/mol. The number of carbonyl (C=O) groups is 2. The minimum atomic E-state index is -0.371. The van der Waals surface area contributed by atoms with Gasteiger partial charge in [-0.1, -0.05) is 23.7 Å². The molecule has 0 aliphatic heterocycles. The Morgan fingerprint density at radius 2 is 2.00 bits per heavy atom. The smallest absolute Gasteiger partial charge is 0.271 e. The second-order valence-electron chi connectivity index (χ2n) is 5.50. The Balaban J connectivity index is 1.62. The van der Waals surface area contributed by atoms with Crippen molar-refractivity contribution in [1.29, 1.82) is 0 Å². The van der Waals surface area contributed by atoms with E-state index in [1.54, 1.807) is 42.2 Å². The molecule has 0 spiro atoms. The molecule has 9 heteroatoms. The van der Waals surface area contributed by atoms with E-state index in [0.29, 0.717) is 29.5 Å². The maximum atomic E-state index is 12.3. The van der Waals surface area contributed by atoms with Gasteiger partial charge in [-0.15, -0.1) is 0 Å². The third-order valence-electron chi connectivity index (χ3n) is 3.66. The molecule has 134 valence electrons. The molecule has 0 unspecified atom stereocenters. The van der Waals surface area contributed by atoms with E-state index >= 15 is 0 Å². The first kappa shape index (κ1) is 17.7. The number of nitrogens with zero attached hydrogens (tertiary/aromatic N) is 4. The van der Waals surface area contributed by atoms with Gasteiger partial charge in [0.25, 0.3) is 11.8 Å². The van der Waals surface area contributed by atoms with Crippen LogP contribution in [-0.2, 0) is 13.6 Å². The quantitative estimate of drug-likeness (QED) is 0.691. The summed E-state index contributed by atoms with van der Waals surface area (Å²) in [4.78, 5) is 24.5. The van der Waals surface area contributed by atoms with Crippen molar-refractivity contribution >= 4 is 29.2 Å². The van der Waals surface area contributed by atoms with E-state index in [4.69, 9.17) is 11.6 Å². The van der Waals surface area contributed by atoms with E-state index in [9.17, 15) is 9.59 Å². The zero-order chi connectivity index (χ0) is 18.5. The largest absolute Gasteiger partial charge is 0.349 e. The van der Waals surface area contributed by atoms with Crippen molar-refractivity contribution < 1.29 is 9.59 Å². The summed E-state index contributed by atoms with van der Waals surface area (Å²) in [5.74, 6) is -0.303. The summed E-state index contributed by atoms with van der Waals surface area (Å²) in [7, 11) is 1.64. The van der Waals surface area contributed by atoms with Crippen LogP contribution in [0.25, 0.3) is 0 Å². The van der Waals surface area contributed by atoms with Gasteiger partial charge in [-0.3, -0.25) is 19.0 Å². The Morgan fingerprint density at radius 1 is 1.19 bits per heavy atom. The maximum absolute atomic E-state index is 12.3. The number of anilines is 1. The Hall–Kier alpha value is -3.13. The van der Waals surface area contributed by atoms with Gasteiger partial charge in [0.1, 0.15) is 5.82 Å². The van der Waals surface area contributed by atoms with E-state index in [2.05, 4.69) is 20.8 Å². The van der Waals surface area contributed by atoms with Gasteiger partial charge in [0.2, 0.25) is 0 Å². The van der Waals surface area contributed by atoms with Gasteiger partial charge < -0.3 is 10.6 Å². The van der Waals surface area contributed by atoms with Crippen molar-refractivity contribution in [2.45, 2.75) is 6.54 Å². The van der Waals surface area contributed by atoms with Gasteiger partial charge in [0.15, 0.2) is 5.69 Å². The van der Waals surface area contributed by atoms with Gasteiger partial charge in [-0.05, 0) is 18.2 Å². The fourth-order valence-electron chi connectivity index (χ4n) is 2.33. The lowest BCUT2D eigenvalue weighted by Crippen LogP contribution is -2.27. The average Bonchev–Trinajstić information content (AvgIpc) is 3.25. The van der Waals surface area contributed by atoms with E-state index in [1.807, 2.05) is 12.3 Å². The van der Waals surface area contributed by atoms with E-state index < -0.39 is 0 Å². The third-order valence-corrected chi connectivity index (χ3v) is 3.99. The highest BCUT2D eigenvalue weighted by atomic mass is 35.5. The van der Waals surface area contributed by atoms with Crippen molar-refractivity contribution in [3.8, 4) is 0 Å². The number of amides is 2. The van der Waals surface area contributed by atoms with Crippen LogP contribution in [0, 0.1) is 0 Å². The van der Waals surface area contributed by atoms with Crippen LogP contribution in [0.15, 0.2) is 48.8 Å². The highest BCUT2D eigenvalue weighted by molar-refractivity contribution is 6.34. The third kappa shape index (κ3) is 4.09. The maximum Gasteiger partial charge on any atom is 0.271 e. The van der Waals surface area contributed by atoms with Crippen molar-refractivity contribution in [2.24, 2.45) is 7.05 Å². The molecule has 2 N–H and O–H groups in total. The van der Waals surface area contributed by atoms with Crippen molar-refractivity contribution in [1.82, 2.24) is 24.9 Å². The molecule has 2 aromatic heterocycles. The molecule has 0 aliphatic rings. The summed E-state index contributed by atoms with van der Waals surface area (Å²) < 4.78 is 3.14. The van der Waals surface area contributed by atoms with Crippen molar-refractivity contribution in [3.05, 3.63) is 65.1 Å². The molecule has 26 heavy (non-hydrogen) atoms. The van der Waals surface area contributed by atoms with Gasteiger partial charge in [0, 0.05) is 32.1 Å². The topological polar surface area (TPSA) is 93.8 Å². The summed E-state index contributed by atoms with van der Waals surface area (Å²) >= 11 is 6.03. The molecule has 0 radical (unpaired) electrons. The van der Waals surface area contributed by atoms with Crippen LogP contribution in [0.3, 0.4) is 0 Å². The fraction of sp³-hybridized carbons (Fsp3) is 0.176. The molecule has 2 heterocycles. The van der Waals surface area contributed by atoms with Crippen LogP contribution in [-0.4, -0.2) is 37.9 Å². The molecule has 0 atom stereocenters. The molecule has 0 fully saturated rings. The number of aryl methyl sites for hydroxylation is 1. The number of benzene rings is 1. The highest BCUT2D eigenvalue weighted by Gasteiger charge is 2.16. The van der Waals surface area contributed by atoms with Crippen LogP contribution in [0.5, 0.6) is 0 Å². The molecular weight excluding hydrogens is 356 g/mol. The SMILES string of the molecule is Cn1nc(C(=O)NCCn2cccn2)cc1NC(=O)c1ccccc1Cl. The number of hydrogen-bond acceptors (Lipinski definition) is 4. The monoisotopic (exact) mass is 372 g/mol. The lowest BCUT2D eigenvalue weighted by molar-refractivity contribution is 0.0945. The lowest BCUT2D eigenvalue weighted by atomic mass is 10.2. The standard InChI is InChI=1S/C17H17ClN6O2/c1-23-15(21-16(25)12-5-2-3-6-13(12)18)11-14(22-23)17(26)19-8-10-24-9-4-7-20-24/h2-7,9,11H,8,10H2,1H3,(H,19,26)(H,21,25). The molecule has 2 amide bonds. The zero-order valence-corrected chi connectivity index (χ0v) is 14.8. The second kappa shape index (κ2) is 7.83. The number of halogens is 1. The molecule has 0 saturated heterocycles. The van der Waals surface area contributed by atoms with E-state index in [1.165, 1.54) is 10.7 Å². The number of aromatic nitrogens is 4. The van der Waals surface area contributed by atoms with Crippen LogP contribution >= 0.6 is 11.6 Å². The Morgan fingerprint density at radius 3 is 2.73 bits per heavy atom. The molecule has 1 aromatic carbocycles. The molecule has 0 bridgehead atoms. The molecular formula is C17H17ClN6O2. The molecule has 3 rings (SSSR count). The number of rotatable bonds is 6. The summed E-state index contributed by atoms with van der Waals surface area (Å²) in [6.45, 7) is 0.972. The van der Waals surface area contributed by atoms with Gasteiger partial charge in [-0.25, -0.2) is 0 Å². The summed E-state index contributed by atoms with van der Waals surface area (Å²) in [6, 6.07) is 10.1. The zero-order valence-electron chi connectivity index (χ0n) is 14.0. The number of hydrogen-bond donors (Lipinski definition) is 2. The molecule has 0 aliphatic carbocycles. The van der Waals surface area contributed by atoms with Crippen LogP contribution < -0.4 is 10.6 Å². The van der Waals surface area contributed by atoms with Crippen LogP contribution in [0.4, 0.5) is 5.82 Å². The molecule has 8 nitrogen and oxygen atoms in total. The Bertz CT molecular complexity index is 919. The van der Waals surface area contributed by atoms with E-state index in [0.717, 1.165) is 0 Å². The first-order valence-electron chi connectivity index (χ1n) is 7.90. The number of carbonyl (C=O) groups excluding carboxylic acids is 2. The number of nitrogens with one attached hydrogen (secondary N) is 2. The first-order chi connectivity index (χ1) is 12.5. The Kier molecular flexibility index (Phi) is 5.33. The molecule has 3 aromatic rings. The normalized spacial score (nSPS) is 10.5.